The van der Waals surface area contributed by atoms with Crippen LogP contribution in [0.2, 0.25) is 0 Å². The molecule has 25 heavy (non-hydrogen) atoms. The second-order valence-electron chi connectivity index (χ2n) is 6.19. The van der Waals surface area contributed by atoms with Crippen LogP contribution in [0.5, 0.6) is 0 Å². The molecule has 0 unspecified atom stereocenters. The first-order valence-electron chi connectivity index (χ1n) is 8.60. The Morgan fingerprint density at radius 3 is 2.68 bits per heavy atom. The summed E-state index contributed by atoms with van der Waals surface area (Å²) in [5, 5.41) is 2.82. The standard InChI is InChI=1S/C19H23FN4O/c20-17-6-4-16(5-7-17)15-23(11-8-18-3-1-2-9-21-18)13-14-24-12-10-22-19(24)25/h1-7,9H,8,10-15H2,(H,22,25). The Kier molecular flexibility index (Phi) is 5.95. The fraction of sp³-hybridized carbons (Fsp3) is 0.368. The van der Waals surface area contributed by atoms with E-state index in [0.717, 1.165) is 43.9 Å². The number of carbonyl (C=O) groups is 1. The highest BCUT2D eigenvalue weighted by Gasteiger charge is 2.19. The lowest BCUT2D eigenvalue weighted by Gasteiger charge is -2.25. The molecule has 3 rings (SSSR count). The van der Waals surface area contributed by atoms with E-state index in [9.17, 15) is 9.18 Å². The predicted molar refractivity (Wildman–Crippen MR) is 94.6 cm³/mol. The second kappa shape index (κ2) is 8.58. The summed E-state index contributed by atoms with van der Waals surface area (Å²) in [6.45, 7) is 4.49. The van der Waals surface area contributed by atoms with Gasteiger partial charge in [0.15, 0.2) is 0 Å². The van der Waals surface area contributed by atoms with Gasteiger partial charge in [-0.1, -0.05) is 18.2 Å². The summed E-state index contributed by atoms with van der Waals surface area (Å²) in [7, 11) is 0. The first-order valence-corrected chi connectivity index (χ1v) is 8.60. The first kappa shape index (κ1) is 17.4. The van der Waals surface area contributed by atoms with Crippen molar-refractivity contribution in [2.75, 3.05) is 32.7 Å². The molecule has 1 aliphatic rings. The summed E-state index contributed by atoms with van der Waals surface area (Å²) in [6, 6.07) is 12.5. The summed E-state index contributed by atoms with van der Waals surface area (Å²) in [6.07, 6.45) is 2.64. The molecule has 2 aromatic rings. The van der Waals surface area contributed by atoms with Crippen molar-refractivity contribution in [2.24, 2.45) is 0 Å². The quantitative estimate of drug-likeness (QED) is 0.801. The summed E-state index contributed by atoms with van der Waals surface area (Å²) in [5.41, 5.74) is 2.11. The zero-order valence-electron chi connectivity index (χ0n) is 14.2. The zero-order valence-corrected chi connectivity index (χ0v) is 14.2. The number of hydrogen-bond donors (Lipinski definition) is 1. The lowest BCUT2D eigenvalue weighted by molar-refractivity contribution is 0.199. The molecule has 1 aromatic heterocycles. The number of benzene rings is 1. The van der Waals surface area contributed by atoms with Crippen LogP contribution in [0.3, 0.4) is 0 Å². The summed E-state index contributed by atoms with van der Waals surface area (Å²) in [5.74, 6) is -0.225. The lowest BCUT2D eigenvalue weighted by Crippen LogP contribution is -2.37. The molecule has 1 fully saturated rings. The van der Waals surface area contributed by atoms with Gasteiger partial charge in [0.25, 0.3) is 0 Å². The zero-order chi connectivity index (χ0) is 17.5. The molecule has 0 saturated carbocycles. The Hall–Kier alpha value is -2.47. The van der Waals surface area contributed by atoms with Crippen LogP contribution in [0.15, 0.2) is 48.7 Å². The minimum absolute atomic E-state index is 0.00598. The van der Waals surface area contributed by atoms with Crippen LogP contribution in [0.1, 0.15) is 11.3 Å². The number of halogens is 1. The first-order chi connectivity index (χ1) is 12.2. The topological polar surface area (TPSA) is 48.5 Å². The van der Waals surface area contributed by atoms with Gasteiger partial charge in [-0.05, 0) is 29.8 Å². The largest absolute Gasteiger partial charge is 0.336 e. The van der Waals surface area contributed by atoms with Gasteiger partial charge in [0, 0.05) is 57.6 Å². The molecule has 2 amide bonds. The van der Waals surface area contributed by atoms with Crippen LogP contribution < -0.4 is 5.32 Å². The molecule has 1 aromatic carbocycles. The van der Waals surface area contributed by atoms with Gasteiger partial charge in [0.05, 0.1) is 0 Å². The third-order valence-electron chi connectivity index (χ3n) is 4.36. The Labute approximate surface area is 147 Å². The lowest BCUT2D eigenvalue weighted by atomic mass is 10.2. The molecular weight excluding hydrogens is 319 g/mol. The monoisotopic (exact) mass is 342 g/mol. The highest BCUT2D eigenvalue weighted by molar-refractivity contribution is 5.76. The third kappa shape index (κ3) is 5.26. The molecule has 0 aliphatic carbocycles. The van der Waals surface area contributed by atoms with Crippen molar-refractivity contribution in [3.63, 3.8) is 0 Å². The van der Waals surface area contributed by atoms with Gasteiger partial charge in [-0.15, -0.1) is 0 Å². The van der Waals surface area contributed by atoms with Crippen molar-refractivity contribution in [1.29, 1.82) is 0 Å². The molecule has 6 heteroatoms. The van der Waals surface area contributed by atoms with Crippen molar-refractivity contribution in [2.45, 2.75) is 13.0 Å². The number of carbonyl (C=O) groups excluding carboxylic acids is 1. The van der Waals surface area contributed by atoms with E-state index in [1.54, 1.807) is 6.20 Å². The highest BCUT2D eigenvalue weighted by atomic mass is 19.1. The number of hydrogen-bond acceptors (Lipinski definition) is 3. The van der Waals surface area contributed by atoms with E-state index < -0.39 is 0 Å². The Balaban J connectivity index is 1.59. The summed E-state index contributed by atoms with van der Waals surface area (Å²) < 4.78 is 13.1. The van der Waals surface area contributed by atoms with E-state index in [-0.39, 0.29) is 11.8 Å². The number of nitrogens with one attached hydrogen (secondary N) is 1. The van der Waals surface area contributed by atoms with Crippen molar-refractivity contribution in [3.05, 3.63) is 65.7 Å². The van der Waals surface area contributed by atoms with Crippen LogP contribution in [0.4, 0.5) is 9.18 Å². The number of urea groups is 1. The molecule has 5 nitrogen and oxygen atoms in total. The van der Waals surface area contributed by atoms with E-state index in [0.29, 0.717) is 13.1 Å². The fourth-order valence-electron chi connectivity index (χ4n) is 2.92. The molecule has 1 aliphatic heterocycles. The second-order valence-corrected chi connectivity index (χ2v) is 6.19. The van der Waals surface area contributed by atoms with Crippen molar-refractivity contribution in [3.8, 4) is 0 Å². The molecule has 1 saturated heterocycles. The molecule has 0 atom stereocenters. The van der Waals surface area contributed by atoms with Crippen LogP contribution >= 0.6 is 0 Å². The smallest absolute Gasteiger partial charge is 0.317 e. The molecule has 132 valence electrons. The maximum absolute atomic E-state index is 13.1. The van der Waals surface area contributed by atoms with Crippen molar-refractivity contribution >= 4 is 6.03 Å². The predicted octanol–water partition coefficient (Wildman–Crippen LogP) is 2.29. The van der Waals surface area contributed by atoms with Gasteiger partial charge in [-0.2, -0.15) is 0 Å². The average molecular weight is 342 g/mol. The average Bonchev–Trinajstić information content (AvgIpc) is 3.05. The fourth-order valence-corrected chi connectivity index (χ4v) is 2.92. The third-order valence-corrected chi connectivity index (χ3v) is 4.36. The summed E-state index contributed by atoms with van der Waals surface area (Å²) in [4.78, 5) is 20.2. The van der Waals surface area contributed by atoms with E-state index in [4.69, 9.17) is 0 Å². The molecule has 2 heterocycles. The normalized spacial score (nSPS) is 14.2. The van der Waals surface area contributed by atoms with E-state index in [1.165, 1.54) is 12.1 Å². The van der Waals surface area contributed by atoms with Gasteiger partial charge in [-0.3, -0.25) is 9.88 Å². The van der Waals surface area contributed by atoms with Crippen LogP contribution in [0, 0.1) is 5.82 Å². The highest BCUT2D eigenvalue weighted by Crippen LogP contribution is 2.09. The van der Waals surface area contributed by atoms with E-state index >= 15 is 0 Å². The van der Waals surface area contributed by atoms with E-state index in [2.05, 4.69) is 15.2 Å². The molecular formula is C19H23FN4O. The minimum Gasteiger partial charge on any atom is -0.336 e. The van der Waals surface area contributed by atoms with E-state index in [1.807, 2.05) is 35.2 Å². The Morgan fingerprint density at radius 2 is 2.00 bits per heavy atom. The Bertz CT molecular complexity index is 678. The number of amides is 2. The SMILES string of the molecule is O=C1NCCN1CCN(CCc1ccccn1)Cc1ccc(F)cc1. The van der Waals surface area contributed by atoms with Crippen LogP contribution in [-0.2, 0) is 13.0 Å². The van der Waals surface area contributed by atoms with Gasteiger partial charge in [-0.25, -0.2) is 9.18 Å². The van der Waals surface area contributed by atoms with Gasteiger partial charge in [0.2, 0.25) is 0 Å². The van der Waals surface area contributed by atoms with Gasteiger partial charge < -0.3 is 10.2 Å². The molecule has 0 spiro atoms. The van der Waals surface area contributed by atoms with Gasteiger partial charge >= 0.3 is 6.03 Å². The van der Waals surface area contributed by atoms with Crippen molar-refractivity contribution < 1.29 is 9.18 Å². The maximum Gasteiger partial charge on any atom is 0.317 e. The number of nitrogens with zero attached hydrogens (tertiary/aromatic N) is 3. The Morgan fingerprint density at radius 1 is 1.16 bits per heavy atom. The molecule has 0 radical (unpaired) electrons. The van der Waals surface area contributed by atoms with Crippen LogP contribution in [0.25, 0.3) is 0 Å². The van der Waals surface area contributed by atoms with Crippen molar-refractivity contribution in [1.82, 2.24) is 20.1 Å². The number of rotatable bonds is 8. The molecule has 0 bridgehead atoms. The number of aromatic nitrogens is 1. The van der Waals surface area contributed by atoms with Gasteiger partial charge in [0.1, 0.15) is 5.82 Å². The molecule has 1 N–H and O–H groups in total. The minimum atomic E-state index is -0.225. The summed E-state index contributed by atoms with van der Waals surface area (Å²) >= 11 is 0. The van der Waals surface area contributed by atoms with Crippen LogP contribution in [-0.4, -0.2) is 53.5 Å². The maximum atomic E-state index is 13.1. The number of pyridine rings is 1.